The second kappa shape index (κ2) is 11.0. The largest absolute Gasteiger partial charge is 0.389 e. The fourth-order valence-electron chi connectivity index (χ4n) is 1.51. The average molecular weight is 245 g/mol. The van der Waals surface area contributed by atoms with Crippen LogP contribution in [0.5, 0.6) is 0 Å². The molecular formula is C14H31NO2. The minimum atomic E-state index is -0.377. The second-order valence-corrected chi connectivity index (χ2v) is 5.44. The van der Waals surface area contributed by atoms with Crippen molar-refractivity contribution in [2.45, 2.75) is 53.1 Å². The van der Waals surface area contributed by atoms with Crippen molar-refractivity contribution >= 4 is 0 Å². The highest BCUT2D eigenvalue weighted by molar-refractivity contribution is 4.61. The van der Waals surface area contributed by atoms with Gasteiger partial charge < -0.3 is 15.2 Å². The Balaban J connectivity index is 3.26. The van der Waals surface area contributed by atoms with E-state index in [1.165, 1.54) is 12.8 Å². The highest BCUT2D eigenvalue weighted by atomic mass is 16.5. The zero-order valence-corrected chi connectivity index (χ0v) is 12.0. The quantitative estimate of drug-likeness (QED) is 0.549. The van der Waals surface area contributed by atoms with Crippen LogP contribution in [0.15, 0.2) is 0 Å². The third-order valence-electron chi connectivity index (χ3n) is 2.95. The Morgan fingerprint density at radius 2 is 1.88 bits per heavy atom. The summed E-state index contributed by atoms with van der Waals surface area (Å²) >= 11 is 0. The van der Waals surface area contributed by atoms with Gasteiger partial charge in [-0.15, -0.1) is 0 Å². The summed E-state index contributed by atoms with van der Waals surface area (Å²) in [4.78, 5) is 0. The Morgan fingerprint density at radius 1 is 1.18 bits per heavy atom. The lowest BCUT2D eigenvalue weighted by Crippen LogP contribution is -2.33. The summed E-state index contributed by atoms with van der Waals surface area (Å²) in [6, 6.07) is 0. The van der Waals surface area contributed by atoms with E-state index < -0.39 is 0 Å². The third-order valence-corrected chi connectivity index (χ3v) is 2.95. The predicted octanol–water partition coefficient (Wildman–Crippen LogP) is 2.44. The van der Waals surface area contributed by atoms with Gasteiger partial charge in [-0.1, -0.05) is 34.1 Å². The van der Waals surface area contributed by atoms with Crippen LogP contribution in [0, 0.1) is 11.8 Å². The number of hydrogen-bond donors (Lipinski definition) is 2. The standard InChI is InChI=1S/C14H31NO2/c1-5-13(4)9-15-10-14(16)11-17-8-6-7-12(2)3/h12-16H,5-11H2,1-4H3. The predicted molar refractivity (Wildman–Crippen MR) is 73.2 cm³/mol. The molecule has 0 aliphatic heterocycles. The monoisotopic (exact) mass is 245 g/mol. The van der Waals surface area contributed by atoms with Crippen molar-refractivity contribution in [3.05, 3.63) is 0 Å². The van der Waals surface area contributed by atoms with E-state index in [2.05, 4.69) is 33.0 Å². The molecule has 17 heavy (non-hydrogen) atoms. The molecule has 0 aromatic carbocycles. The Morgan fingerprint density at radius 3 is 2.47 bits per heavy atom. The zero-order chi connectivity index (χ0) is 13.1. The van der Waals surface area contributed by atoms with Crippen molar-refractivity contribution < 1.29 is 9.84 Å². The highest BCUT2D eigenvalue weighted by Gasteiger charge is 2.05. The molecule has 0 aliphatic rings. The van der Waals surface area contributed by atoms with Crippen molar-refractivity contribution in [2.75, 3.05) is 26.3 Å². The summed E-state index contributed by atoms with van der Waals surface area (Å²) in [7, 11) is 0. The topological polar surface area (TPSA) is 41.5 Å². The van der Waals surface area contributed by atoms with Crippen molar-refractivity contribution in [2.24, 2.45) is 11.8 Å². The molecule has 2 N–H and O–H groups in total. The van der Waals surface area contributed by atoms with Gasteiger partial charge in [-0.25, -0.2) is 0 Å². The smallest absolute Gasteiger partial charge is 0.0897 e. The van der Waals surface area contributed by atoms with Crippen LogP contribution in [0.1, 0.15) is 47.0 Å². The van der Waals surface area contributed by atoms with Crippen LogP contribution in [0.25, 0.3) is 0 Å². The molecule has 0 fully saturated rings. The summed E-state index contributed by atoms with van der Waals surface area (Å²) in [6.45, 7) is 11.6. The molecule has 0 rings (SSSR count). The highest BCUT2D eigenvalue weighted by Crippen LogP contribution is 2.03. The first-order chi connectivity index (χ1) is 8.06. The Bertz CT molecular complexity index is 162. The van der Waals surface area contributed by atoms with Gasteiger partial charge >= 0.3 is 0 Å². The SMILES string of the molecule is CCC(C)CNCC(O)COCCCC(C)C. The Hall–Kier alpha value is -0.120. The first-order valence-electron chi connectivity index (χ1n) is 7.02. The molecule has 0 aliphatic carbocycles. The molecule has 0 aromatic rings. The Kier molecular flexibility index (Phi) is 10.9. The molecule has 0 radical (unpaired) electrons. The maximum atomic E-state index is 9.66. The number of ether oxygens (including phenoxy) is 1. The maximum Gasteiger partial charge on any atom is 0.0897 e. The fourth-order valence-corrected chi connectivity index (χ4v) is 1.51. The van der Waals surface area contributed by atoms with E-state index in [1.807, 2.05) is 0 Å². The molecular weight excluding hydrogens is 214 g/mol. The number of aliphatic hydroxyl groups excluding tert-OH is 1. The van der Waals surface area contributed by atoms with E-state index in [1.54, 1.807) is 0 Å². The molecule has 0 aromatic heterocycles. The van der Waals surface area contributed by atoms with Crippen LogP contribution in [0.3, 0.4) is 0 Å². The van der Waals surface area contributed by atoms with Gasteiger partial charge in [0.25, 0.3) is 0 Å². The number of rotatable bonds is 11. The lowest BCUT2D eigenvalue weighted by atomic mass is 10.1. The summed E-state index contributed by atoms with van der Waals surface area (Å²) < 4.78 is 5.44. The van der Waals surface area contributed by atoms with E-state index in [4.69, 9.17) is 4.74 Å². The molecule has 3 heteroatoms. The van der Waals surface area contributed by atoms with E-state index in [0.717, 1.165) is 25.5 Å². The lowest BCUT2D eigenvalue weighted by Gasteiger charge is -2.14. The van der Waals surface area contributed by atoms with E-state index in [9.17, 15) is 5.11 Å². The van der Waals surface area contributed by atoms with Gasteiger partial charge in [0, 0.05) is 13.2 Å². The van der Waals surface area contributed by atoms with Crippen LogP contribution in [-0.4, -0.2) is 37.5 Å². The minimum absolute atomic E-state index is 0.377. The maximum absolute atomic E-state index is 9.66. The first kappa shape index (κ1) is 16.9. The lowest BCUT2D eigenvalue weighted by molar-refractivity contribution is 0.0345. The molecule has 0 heterocycles. The molecule has 3 nitrogen and oxygen atoms in total. The molecule has 0 bridgehead atoms. The third kappa shape index (κ3) is 12.1. The van der Waals surface area contributed by atoms with E-state index in [-0.39, 0.29) is 6.10 Å². The molecule has 2 unspecified atom stereocenters. The van der Waals surface area contributed by atoms with Gasteiger partial charge in [-0.3, -0.25) is 0 Å². The van der Waals surface area contributed by atoms with E-state index >= 15 is 0 Å². The van der Waals surface area contributed by atoms with Crippen molar-refractivity contribution in [3.8, 4) is 0 Å². The average Bonchev–Trinajstić information content (AvgIpc) is 2.27. The van der Waals surface area contributed by atoms with Crippen LogP contribution in [0.4, 0.5) is 0 Å². The second-order valence-electron chi connectivity index (χ2n) is 5.44. The first-order valence-corrected chi connectivity index (χ1v) is 7.02. The van der Waals surface area contributed by atoms with Gasteiger partial charge in [-0.05, 0) is 31.2 Å². The van der Waals surface area contributed by atoms with Gasteiger partial charge in [0.2, 0.25) is 0 Å². The van der Waals surface area contributed by atoms with Gasteiger partial charge in [0.1, 0.15) is 0 Å². The number of aliphatic hydroxyl groups is 1. The minimum Gasteiger partial charge on any atom is -0.389 e. The normalized spacial score (nSPS) is 15.2. The molecule has 0 amide bonds. The van der Waals surface area contributed by atoms with Crippen LogP contribution in [0.2, 0.25) is 0 Å². The molecule has 104 valence electrons. The molecule has 0 saturated carbocycles. The fraction of sp³-hybridized carbons (Fsp3) is 1.00. The van der Waals surface area contributed by atoms with Crippen molar-refractivity contribution in [3.63, 3.8) is 0 Å². The number of hydrogen-bond acceptors (Lipinski definition) is 3. The Labute approximate surface area is 107 Å². The molecule has 0 saturated heterocycles. The van der Waals surface area contributed by atoms with Crippen LogP contribution in [-0.2, 0) is 4.74 Å². The van der Waals surface area contributed by atoms with E-state index in [0.29, 0.717) is 19.1 Å². The summed E-state index contributed by atoms with van der Waals surface area (Å²) in [5.41, 5.74) is 0. The summed E-state index contributed by atoms with van der Waals surface area (Å²) in [6.07, 6.45) is 3.08. The van der Waals surface area contributed by atoms with Crippen LogP contribution < -0.4 is 5.32 Å². The molecule has 2 atom stereocenters. The molecule has 0 spiro atoms. The van der Waals surface area contributed by atoms with Gasteiger partial charge in [-0.2, -0.15) is 0 Å². The summed E-state index contributed by atoms with van der Waals surface area (Å²) in [5.74, 6) is 1.41. The number of nitrogens with one attached hydrogen (secondary N) is 1. The van der Waals surface area contributed by atoms with Gasteiger partial charge in [0.15, 0.2) is 0 Å². The summed E-state index contributed by atoms with van der Waals surface area (Å²) in [5, 5.41) is 12.9. The zero-order valence-electron chi connectivity index (χ0n) is 12.0. The van der Waals surface area contributed by atoms with Crippen molar-refractivity contribution in [1.29, 1.82) is 0 Å². The van der Waals surface area contributed by atoms with Crippen LogP contribution >= 0.6 is 0 Å². The van der Waals surface area contributed by atoms with Crippen molar-refractivity contribution in [1.82, 2.24) is 5.32 Å². The van der Waals surface area contributed by atoms with Gasteiger partial charge in [0.05, 0.1) is 12.7 Å².